The van der Waals surface area contributed by atoms with Gasteiger partial charge in [0.25, 0.3) is 0 Å². The van der Waals surface area contributed by atoms with Crippen LogP contribution in [0, 0.1) is 0 Å². The van der Waals surface area contributed by atoms with Gasteiger partial charge in [-0.15, -0.1) is 0 Å². The first-order chi connectivity index (χ1) is 8.86. The zero-order valence-corrected chi connectivity index (χ0v) is 13.7. The van der Waals surface area contributed by atoms with E-state index in [2.05, 4.69) is 37.2 Å². The van der Waals surface area contributed by atoms with Crippen molar-refractivity contribution in [3.8, 4) is 0 Å². The minimum absolute atomic E-state index is 0.346. The van der Waals surface area contributed by atoms with Crippen LogP contribution in [0.2, 0.25) is 0 Å². The van der Waals surface area contributed by atoms with E-state index in [4.69, 9.17) is 5.11 Å². The molecule has 0 saturated heterocycles. The third-order valence-electron chi connectivity index (χ3n) is 2.63. The van der Waals surface area contributed by atoms with E-state index >= 15 is 0 Å². The number of anilines is 1. The van der Waals surface area contributed by atoms with E-state index in [1.807, 2.05) is 6.07 Å². The number of carbonyl (C=O) groups excluding carboxylic acids is 1. The molecule has 2 N–H and O–H groups in total. The van der Waals surface area contributed by atoms with Gasteiger partial charge in [-0.25, -0.2) is 9.59 Å². The largest absolute Gasteiger partial charge is 0.480 e. The normalized spacial score (nSPS) is 11.8. The van der Waals surface area contributed by atoms with Crippen LogP contribution >= 0.6 is 31.9 Å². The van der Waals surface area contributed by atoms with Gasteiger partial charge in [0.1, 0.15) is 6.04 Å². The first kappa shape index (κ1) is 16.0. The summed E-state index contributed by atoms with van der Waals surface area (Å²) in [6.07, 6.45) is 0.346. The Morgan fingerprint density at radius 1 is 1.42 bits per heavy atom. The van der Waals surface area contributed by atoms with Crippen LogP contribution in [0.15, 0.2) is 27.1 Å². The highest BCUT2D eigenvalue weighted by Crippen LogP contribution is 2.26. The number of amides is 2. The number of benzene rings is 1. The highest BCUT2D eigenvalue weighted by molar-refractivity contribution is 9.11. The molecule has 0 aliphatic heterocycles. The average molecular weight is 394 g/mol. The summed E-state index contributed by atoms with van der Waals surface area (Å²) >= 11 is 6.63. The first-order valence-electron chi connectivity index (χ1n) is 5.58. The minimum Gasteiger partial charge on any atom is -0.480 e. The lowest BCUT2D eigenvalue weighted by molar-refractivity contribution is -0.141. The number of nitrogens with zero attached hydrogens (tertiary/aromatic N) is 1. The Balaban J connectivity index is 2.84. The van der Waals surface area contributed by atoms with E-state index in [-0.39, 0.29) is 0 Å². The summed E-state index contributed by atoms with van der Waals surface area (Å²) < 4.78 is 1.54. The van der Waals surface area contributed by atoms with Crippen LogP contribution in [0.5, 0.6) is 0 Å². The van der Waals surface area contributed by atoms with E-state index in [0.29, 0.717) is 12.1 Å². The predicted molar refractivity (Wildman–Crippen MR) is 80.3 cm³/mol. The van der Waals surface area contributed by atoms with Gasteiger partial charge in [0.2, 0.25) is 0 Å². The van der Waals surface area contributed by atoms with Crippen molar-refractivity contribution in [3.05, 3.63) is 27.1 Å². The Labute approximate surface area is 128 Å². The Morgan fingerprint density at radius 2 is 2.05 bits per heavy atom. The fourth-order valence-corrected chi connectivity index (χ4v) is 2.26. The predicted octanol–water partition coefficient (Wildman–Crippen LogP) is 3.54. The van der Waals surface area contributed by atoms with E-state index in [1.54, 1.807) is 19.1 Å². The van der Waals surface area contributed by atoms with Gasteiger partial charge in [-0.05, 0) is 40.5 Å². The van der Waals surface area contributed by atoms with Crippen molar-refractivity contribution in [2.45, 2.75) is 19.4 Å². The molecule has 104 valence electrons. The SMILES string of the molecule is CCC(C(=O)O)N(C)C(=O)Nc1cc(Br)ccc1Br. The van der Waals surface area contributed by atoms with Crippen LogP contribution in [0.3, 0.4) is 0 Å². The van der Waals surface area contributed by atoms with Crippen molar-refractivity contribution in [1.29, 1.82) is 0 Å². The van der Waals surface area contributed by atoms with Gasteiger partial charge >= 0.3 is 12.0 Å². The maximum Gasteiger partial charge on any atom is 0.326 e. The number of likely N-dealkylation sites (N-methyl/N-ethyl adjacent to an activating group) is 1. The smallest absolute Gasteiger partial charge is 0.326 e. The fraction of sp³-hybridized carbons (Fsp3) is 0.333. The number of carbonyl (C=O) groups is 2. The lowest BCUT2D eigenvalue weighted by Gasteiger charge is -2.24. The molecule has 1 aromatic rings. The third-order valence-corrected chi connectivity index (χ3v) is 3.81. The summed E-state index contributed by atoms with van der Waals surface area (Å²) in [6.45, 7) is 1.72. The van der Waals surface area contributed by atoms with Crippen LogP contribution < -0.4 is 5.32 Å². The van der Waals surface area contributed by atoms with Crippen LogP contribution in [0.4, 0.5) is 10.5 Å². The lowest BCUT2D eigenvalue weighted by atomic mass is 10.2. The van der Waals surface area contributed by atoms with E-state index in [9.17, 15) is 9.59 Å². The first-order valence-corrected chi connectivity index (χ1v) is 7.17. The van der Waals surface area contributed by atoms with E-state index in [1.165, 1.54) is 11.9 Å². The molecule has 0 fully saturated rings. The molecule has 19 heavy (non-hydrogen) atoms. The molecule has 1 atom stereocenters. The van der Waals surface area contributed by atoms with Crippen LogP contribution in [0.25, 0.3) is 0 Å². The second-order valence-electron chi connectivity index (χ2n) is 3.93. The van der Waals surface area contributed by atoms with Gasteiger partial charge in [0.05, 0.1) is 5.69 Å². The number of nitrogens with one attached hydrogen (secondary N) is 1. The molecule has 0 saturated carbocycles. The Morgan fingerprint density at radius 3 is 2.58 bits per heavy atom. The number of carboxylic acid groups (broad SMARTS) is 1. The molecule has 0 heterocycles. The second-order valence-corrected chi connectivity index (χ2v) is 5.70. The zero-order chi connectivity index (χ0) is 14.6. The summed E-state index contributed by atoms with van der Waals surface area (Å²) in [5.74, 6) is -1.02. The molecule has 0 aliphatic rings. The molecule has 0 spiro atoms. The van der Waals surface area contributed by atoms with Crippen LogP contribution in [0.1, 0.15) is 13.3 Å². The van der Waals surface area contributed by atoms with E-state index < -0.39 is 18.0 Å². The quantitative estimate of drug-likeness (QED) is 0.821. The number of urea groups is 1. The third kappa shape index (κ3) is 4.21. The summed E-state index contributed by atoms with van der Waals surface area (Å²) in [7, 11) is 1.46. The Kier molecular flexibility index (Phi) is 5.81. The topological polar surface area (TPSA) is 69.6 Å². The lowest BCUT2D eigenvalue weighted by Crippen LogP contribution is -2.44. The number of rotatable bonds is 4. The second kappa shape index (κ2) is 6.91. The molecule has 1 rings (SSSR count). The molecule has 7 heteroatoms. The number of hydrogen-bond acceptors (Lipinski definition) is 2. The van der Waals surface area contributed by atoms with Crippen molar-refractivity contribution in [3.63, 3.8) is 0 Å². The standard InChI is InChI=1S/C12H14Br2N2O3/c1-3-10(11(17)18)16(2)12(19)15-9-6-7(13)4-5-8(9)14/h4-6,10H,3H2,1-2H3,(H,15,19)(H,17,18). The average Bonchev–Trinajstić information content (AvgIpc) is 2.34. The van der Waals surface area contributed by atoms with Crippen molar-refractivity contribution < 1.29 is 14.7 Å². The Bertz CT molecular complexity index is 494. The fourth-order valence-electron chi connectivity index (χ4n) is 1.55. The van der Waals surface area contributed by atoms with Gasteiger partial charge in [0, 0.05) is 16.0 Å². The number of halogens is 2. The molecule has 1 aromatic carbocycles. The van der Waals surface area contributed by atoms with Crippen LogP contribution in [-0.2, 0) is 4.79 Å². The van der Waals surface area contributed by atoms with Crippen molar-refractivity contribution in [2.75, 3.05) is 12.4 Å². The molecule has 5 nitrogen and oxygen atoms in total. The van der Waals surface area contributed by atoms with Gasteiger partial charge in [-0.1, -0.05) is 22.9 Å². The number of hydrogen-bond donors (Lipinski definition) is 2. The molecule has 0 radical (unpaired) electrons. The van der Waals surface area contributed by atoms with E-state index in [0.717, 1.165) is 8.95 Å². The Hall–Kier alpha value is -1.08. The van der Waals surface area contributed by atoms with Gasteiger partial charge in [-0.3, -0.25) is 0 Å². The van der Waals surface area contributed by atoms with Gasteiger partial charge in [0.15, 0.2) is 0 Å². The molecule has 0 aliphatic carbocycles. The minimum atomic E-state index is -1.02. The summed E-state index contributed by atoms with van der Waals surface area (Å²) in [4.78, 5) is 24.2. The summed E-state index contributed by atoms with van der Waals surface area (Å²) in [5, 5.41) is 11.7. The maximum atomic E-state index is 12.0. The highest BCUT2D eigenvalue weighted by atomic mass is 79.9. The highest BCUT2D eigenvalue weighted by Gasteiger charge is 2.24. The molecular weight excluding hydrogens is 380 g/mol. The molecule has 0 aromatic heterocycles. The monoisotopic (exact) mass is 392 g/mol. The van der Waals surface area contributed by atoms with Crippen molar-refractivity contribution in [2.24, 2.45) is 0 Å². The van der Waals surface area contributed by atoms with Gasteiger partial charge in [-0.2, -0.15) is 0 Å². The maximum absolute atomic E-state index is 12.0. The molecule has 2 amide bonds. The molecule has 0 bridgehead atoms. The zero-order valence-electron chi connectivity index (χ0n) is 10.5. The number of aliphatic carboxylic acids is 1. The van der Waals surface area contributed by atoms with Crippen LogP contribution in [-0.4, -0.2) is 35.1 Å². The number of carboxylic acids is 1. The summed E-state index contributed by atoms with van der Waals surface area (Å²) in [5.41, 5.74) is 0.575. The summed E-state index contributed by atoms with van der Waals surface area (Å²) in [6, 6.07) is 4.04. The van der Waals surface area contributed by atoms with Gasteiger partial charge < -0.3 is 15.3 Å². The molecular formula is C12H14Br2N2O3. The molecule has 1 unspecified atom stereocenters. The van der Waals surface area contributed by atoms with Crippen molar-refractivity contribution in [1.82, 2.24) is 4.90 Å². The van der Waals surface area contributed by atoms with Crippen molar-refractivity contribution >= 4 is 49.5 Å².